The van der Waals surface area contributed by atoms with Crippen molar-refractivity contribution in [1.29, 1.82) is 0 Å². The van der Waals surface area contributed by atoms with Gasteiger partial charge in [0.05, 0.1) is 0 Å². The molecule has 0 fully saturated rings. The van der Waals surface area contributed by atoms with Crippen molar-refractivity contribution in [3.05, 3.63) is 160 Å². The van der Waals surface area contributed by atoms with Crippen molar-refractivity contribution in [3.63, 3.8) is 0 Å². The summed E-state index contributed by atoms with van der Waals surface area (Å²) < 4.78 is 1.43. The Morgan fingerprint density at radius 1 is 0.763 bits per heavy atom. The molecule has 192 valence electrons. The predicted molar refractivity (Wildman–Crippen MR) is 151 cm³/mol. The van der Waals surface area contributed by atoms with E-state index >= 15 is 0 Å². The molecule has 0 radical (unpaired) electrons. The Morgan fingerprint density at radius 3 is 2.00 bits per heavy atom. The number of fused-ring (bicyclic) bond motifs is 3. The van der Waals surface area contributed by atoms with Crippen LogP contribution in [-0.2, 0) is 37.1 Å². The smallest absolute Gasteiger partial charge is 0.0253 e. The van der Waals surface area contributed by atoms with Crippen LogP contribution in [0.1, 0.15) is 45.9 Å². The molecule has 0 atom stereocenters. The minimum atomic E-state index is 0. The first-order chi connectivity index (χ1) is 17.5. The van der Waals surface area contributed by atoms with Crippen LogP contribution in [0, 0.1) is 19.9 Å². The van der Waals surface area contributed by atoms with Crippen molar-refractivity contribution in [2.45, 2.75) is 33.6 Å². The number of benzene rings is 4. The molecule has 6 rings (SSSR count). The van der Waals surface area contributed by atoms with Crippen molar-refractivity contribution >= 4 is 3.21 Å². The third-order valence-electron chi connectivity index (χ3n) is 6.36. The van der Waals surface area contributed by atoms with Crippen LogP contribution in [0.2, 0.25) is 0 Å². The van der Waals surface area contributed by atoms with Gasteiger partial charge in [0.15, 0.2) is 0 Å². The molecule has 38 heavy (non-hydrogen) atoms. The molecule has 0 aliphatic heterocycles. The molecule has 1 aliphatic rings. The van der Waals surface area contributed by atoms with Gasteiger partial charge in [-0.1, -0.05) is 36.2 Å². The van der Waals surface area contributed by atoms with E-state index in [0.717, 1.165) is 12.8 Å². The van der Waals surface area contributed by atoms with E-state index in [9.17, 15) is 0 Å². The summed E-state index contributed by atoms with van der Waals surface area (Å²) >= 11 is 1.47. The van der Waals surface area contributed by atoms with Gasteiger partial charge in [-0.2, -0.15) is 42.0 Å². The van der Waals surface area contributed by atoms with E-state index in [2.05, 4.69) is 112 Å². The van der Waals surface area contributed by atoms with Crippen LogP contribution in [0.25, 0.3) is 11.1 Å². The molecule has 0 aromatic heterocycles. The van der Waals surface area contributed by atoms with Gasteiger partial charge < -0.3 is 24.8 Å². The Labute approximate surface area is 255 Å². The first-order valence-electron chi connectivity index (χ1n) is 12.6. The third kappa shape index (κ3) is 8.54. The van der Waals surface area contributed by atoms with Crippen molar-refractivity contribution < 1.29 is 49.0 Å². The molecule has 3 heteroatoms. The van der Waals surface area contributed by atoms with Crippen molar-refractivity contribution in [2.75, 3.05) is 0 Å². The van der Waals surface area contributed by atoms with E-state index in [4.69, 9.17) is 0 Å². The number of hydrogen-bond donors (Lipinski definition) is 0. The molecule has 0 N–H and O–H groups in total. The molecule has 0 amide bonds. The Morgan fingerprint density at radius 2 is 1.39 bits per heavy atom. The molecule has 0 saturated heterocycles. The zero-order valence-corrected chi connectivity index (χ0v) is 26.1. The Bertz CT molecular complexity index is 1340. The number of halogens is 2. The van der Waals surface area contributed by atoms with E-state index in [1.807, 2.05) is 30.3 Å². The summed E-state index contributed by atoms with van der Waals surface area (Å²) in [5.41, 5.74) is 12.2. The fourth-order valence-electron chi connectivity index (χ4n) is 4.37. The maximum absolute atomic E-state index is 3.45. The molecule has 5 aromatic carbocycles. The second-order valence-electron chi connectivity index (χ2n) is 9.12. The Hall–Kier alpha value is -2.44. The van der Waals surface area contributed by atoms with Gasteiger partial charge in [0.1, 0.15) is 0 Å². The minimum Gasteiger partial charge on any atom is -1.00 e. The van der Waals surface area contributed by atoms with Crippen LogP contribution in [0.15, 0.2) is 115 Å². The first kappa shape index (κ1) is 31.8. The zero-order chi connectivity index (χ0) is 25.3. The number of rotatable bonds is 3. The van der Waals surface area contributed by atoms with E-state index in [0.29, 0.717) is 0 Å². The van der Waals surface area contributed by atoms with E-state index in [1.54, 1.807) is 0 Å². The van der Waals surface area contributed by atoms with Crippen LogP contribution in [-0.4, -0.2) is 3.21 Å². The summed E-state index contributed by atoms with van der Waals surface area (Å²) in [6.45, 7) is 6.45. The van der Waals surface area contributed by atoms with Crippen LogP contribution in [0.3, 0.4) is 0 Å². The molecule has 0 heterocycles. The van der Waals surface area contributed by atoms with Crippen LogP contribution >= 0.6 is 0 Å². The van der Waals surface area contributed by atoms with Gasteiger partial charge in [0.2, 0.25) is 0 Å². The maximum atomic E-state index is 3.45. The van der Waals surface area contributed by atoms with Gasteiger partial charge in [-0.15, -0.1) is 11.1 Å². The average Bonchev–Trinajstić information content (AvgIpc) is 3.60. The van der Waals surface area contributed by atoms with Crippen LogP contribution < -0.4 is 24.8 Å². The molecular weight excluding hydrogens is 583 g/mol. The topological polar surface area (TPSA) is 0 Å². The van der Waals surface area contributed by atoms with E-state index in [1.165, 1.54) is 77.5 Å². The third-order valence-corrected chi connectivity index (χ3v) is 7.78. The second-order valence-corrected chi connectivity index (χ2v) is 10.4. The second kappa shape index (κ2) is 15.8. The maximum Gasteiger partial charge on any atom is -0.0253 e. The number of hydrogen-bond acceptors (Lipinski definition) is 0. The normalized spacial score (nSPS) is 10.2. The largest absolute Gasteiger partial charge is 1.00 e. The molecule has 0 nitrogen and oxygen atoms in total. The van der Waals surface area contributed by atoms with Crippen LogP contribution in [0.5, 0.6) is 0 Å². The van der Waals surface area contributed by atoms with E-state index in [-0.39, 0.29) is 24.8 Å². The zero-order valence-electron chi connectivity index (χ0n) is 22.1. The molecule has 0 spiro atoms. The van der Waals surface area contributed by atoms with Gasteiger partial charge in [-0.25, -0.2) is 12.1 Å². The molecule has 0 unspecified atom stereocenters. The summed E-state index contributed by atoms with van der Waals surface area (Å²) in [7, 11) is 0. The van der Waals surface area contributed by atoms with Gasteiger partial charge in [0, 0.05) is 0 Å². The Kier molecular flexibility index (Phi) is 13.3. The fourth-order valence-corrected chi connectivity index (χ4v) is 5.19. The quantitative estimate of drug-likeness (QED) is 0.269. The molecule has 5 aromatic rings. The summed E-state index contributed by atoms with van der Waals surface area (Å²) in [5.74, 6) is 0. The summed E-state index contributed by atoms with van der Waals surface area (Å²) in [5, 5.41) is 0. The summed E-state index contributed by atoms with van der Waals surface area (Å²) in [6, 6.07) is 44.1. The minimum absolute atomic E-state index is 0. The van der Waals surface area contributed by atoms with Crippen LogP contribution in [0.4, 0.5) is 0 Å². The average molecular weight is 615 g/mol. The van der Waals surface area contributed by atoms with Crippen molar-refractivity contribution in [1.82, 2.24) is 0 Å². The standard InChI is InChI=1S/C15H13.C15H14.C5H5.2ClH.Zr/c1-10-3-5-14-12(7-10)9-13-8-11(2)4-6-15(13)14;1-2-13-8-10-15(11-9-13)12-14-6-4-3-5-7-14;1-2-4-5-3-1;;;/h3-7H,9H2,1-2H3;3-11H,2H2,1H3;1-5H;2*1H;/q-1;;-1;;;+2/p-2. The first-order valence-corrected chi connectivity index (χ1v) is 13.8. The molecule has 1 aliphatic carbocycles. The van der Waals surface area contributed by atoms with Gasteiger partial charge in [-0.3, -0.25) is 0 Å². The van der Waals surface area contributed by atoms with E-state index < -0.39 is 0 Å². The molecular formula is C35H32Cl2Zr-2. The molecule has 0 bridgehead atoms. The van der Waals surface area contributed by atoms with Gasteiger partial charge >= 0.3 is 112 Å². The summed E-state index contributed by atoms with van der Waals surface area (Å²) in [4.78, 5) is 0. The van der Waals surface area contributed by atoms with Crippen molar-refractivity contribution in [3.8, 4) is 11.1 Å². The van der Waals surface area contributed by atoms with Gasteiger partial charge in [-0.05, 0) is 18.9 Å². The summed E-state index contributed by atoms with van der Waals surface area (Å²) in [6.07, 6.45) is 2.16. The fraction of sp³-hybridized carbons (Fsp3) is 0.143. The predicted octanol–water partition coefficient (Wildman–Crippen LogP) is 2.45. The van der Waals surface area contributed by atoms with Gasteiger partial charge in [0.25, 0.3) is 0 Å². The van der Waals surface area contributed by atoms with Crippen molar-refractivity contribution in [2.24, 2.45) is 0 Å². The monoisotopic (exact) mass is 612 g/mol. The SMILES string of the molecule is CCc1ccc([C](=[Zr+2])c2ccccc2)cc1.Cc1[c-]c2c(cc1)-c1ccc(C)cc1C2.[Cl-].[Cl-].c1cc[cH-]c1. The molecule has 0 saturated carbocycles. The number of aryl methyl sites for hydroxylation is 3. The Balaban J connectivity index is 0.000000216.